The maximum atomic E-state index is 5.61. The maximum absolute atomic E-state index is 5.61. The molecule has 1 N–H and O–H groups in total. The summed E-state index contributed by atoms with van der Waals surface area (Å²) in [6.45, 7) is 33.2. The van der Waals surface area contributed by atoms with Crippen molar-refractivity contribution in [1.29, 1.82) is 0 Å². The molecule has 7 heteroatoms. The van der Waals surface area contributed by atoms with Crippen molar-refractivity contribution in [2.45, 2.75) is 113 Å². The van der Waals surface area contributed by atoms with Gasteiger partial charge < -0.3 is 29.3 Å². The lowest BCUT2D eigenvalue weighted by atomic mass is 9.99. The summed E-state index contributed by atoms with van der Waals surface area (Å²) in [5.74, 6) is 3.21. The van der Waals surface area contributed by atoms with Crippen LogP contribution in [0.3, 0.4) is 0 Å². The highest BCUT2D eigenvalue weighted by molar-refractivity contribution is 4.68. The number of hydrogen-bond acceptors (Lipinski definition) is 7. The van der Waals surface area contributed by atoms with Crippen LogP contribution in [0.25, 0.3) is 0 Å². The van der Waals surface area contributed by atoms with Crippen LogP contribution in [0.15, 0.2) is 0 Å². The highest BCUT2D eigenvalue weighted by atomic mass is 16.5. The van der Waals surface area contributed by atoms with Crippen LogP contribution < -0.4 is 5.32 Å². The van der Waals surface area contributed by atoms with Crippen molar-refractivity contribution in [3.63, 3.8) is 0 Å². The molecule has 3 fully saturated rings. The highest BCUT2D eigenvalue weighted by Crippen LogP contribution is 2.12. The first kappa shape index (κ1) is 43.7. The van der Waals surface area contributed by atoms with Crippen LogP contribution in [0.4, 0.5) is 0 Å². The zero-order chi connectivity index (χ0) is 33.0. The van der Waals surface area contributed by atoms with Crippen molar-refractivity contribution in [2.24, 2.45) is 23.7 Å². The zero-order valence-corrected chi connectivity index (χ0v) is 31.5. The molecule has 0 aromatic carbocycles. The number of morpholine rings is 1. The molecule has 3 saturated heterocycles. The second-order valence-corrected chi connectivity index (χ2v) is 14.9. The van der Waals surface area contributed by atoms with Gasteiger partial charge in [-0.1, -0.05) is 54.4 Å². The van der Waals surface area contributed by atoms with Crippen LogP contribution in [-0.4, -0.2) is 127 Å². The first-order valence-corrected chi connectivity index (χ1v) is 18.6. The molecule has 0 saturated carbocycles. The third-order valence-corrected chi connectivity index (χ3v) is 8.08. The molecule has 0 spiro atoms. The van der Waals surface area contributed by atoms with E-state index < -0.39 is 0 Å². The van der Waals surface area contributed by atoms with E-state index in [1.165, 1.54) is 90.6 Å². The number of hydrogen-bond donors (Lipinski definition) is 1. The fourth-order valence-corrected chi connectivity index (χ4v) is 5.15. The Morgan fingerprint density at radius 3 is 1.86 bits per heavy atom. The second-order valence-electron chi connectivity index (χ2n) is 14.9. The van der Waals surface area contributed by atoms with E-state index in [9.17, 15) is 0 Å². The normalized spacial score (nSPS) is 18.3. The molecular weight excluding hydrogens is 548 g/mol. The van der Waals surface area contributed by atoms with Crippen molar-refractivity contribution >= 4 is 0 Å². The summed E-state index contributed by atoms with van der Waals surface area (Å²) in [6, 6.07) is 0. The van der Waals surface area contributed by atoms with Gasteiger partial charge in [0.15, 0.2) is 0 Å². The fraction of sp³-hybridized carbons (Fsp3) is 1.00. The molecule has 3 aliphatic rings. The van der Waals surface area contributed by atoms with Gasteiger partial charge in [-0.3, -0.25) is 4.90 Å². The largest absolute Gasteiger partial charge is 0.381 e. The van der Waals surface area contributed by atoms with Gasteiger partial charge >= 0.3 is 0 Å². The molecule has 7 nitrogen and oxygen atoms in total. The first-order valence-electron chi connectivity index (χ1n) is 18.6. The van der Waals surface area contributed by atoms with E-state index in [1.807, 2.05) is 14.1 Å². The molecule has 3 aliphatic heterocycles. The Hall–Kier alpha value is -0.280. The van der Waals surface area contributed by atoms with E-state index >= 15 is 0 Å². The van der Waals surface area contributed by atoms with Crippen LogP contribution in [0.2, 0.25) is 0 Å². The lowest BCUT2D eigenvalue weighted by Gasteiger charge is -2.26. The van der Waals surface area contributed by atoms with Crippen LogP contribution in [0, 0.1) is 23.7 Å². The molecule has 0 unspecified atom stereocenters. The number of rotatable bonds is 16. The summed E-state index contributed by atoms with van der Waals surface area (Å²) in [4.78, 5) is 7.21. The van der Waals surface area contributed by atoms with Crippen molar-refractivity contribution in [2.75, 3.05) is 106 Å². The van der Waals surface area contributed by atoms with Crippen LogP contribution >= 0.6 is 0 Å². The lowest BCUT2D eigenvalue weighted by Crippen LogP contribution is -2.37. The summed E-state index contributed by atoms with van der Waals surface area (Å²) in [6.07, 6.45) is 11.4. The summed E-state index contributed by atoms with van der Waals surface area (Å²) in [5.41, 5.74) is 0. The molecule has 0 aliphatic carbocycles. The third-order valence-electron chi connectivity index (χ3n) is 8.08. The predicted octanol–water partition coefficient (Wildman–Crippen LogP) is 6.90. The van der Waals surface area contributed by atoms with E-state index in [0.717, 1.165) is 70.4 Å². The third kappa shape index (κ3) is 31.7. The summed E-state index contributed by atoms with van der Waals surface area (Å²) >= 11 is 0. The quantitative estimate of drug-likeness (QED) is 0.187. The Morgan fingerprint density at radius 2 is 1.34 bits per heavy atom. The van der Waals surface area contributed by atoms with Crippen molar-refractivity contribution in [3.8, 4) is 0 Å². The Kier molecular flexibility index (Phi) is 29.9. The van der Waals surface area contributed by atoms with E-state index in [-0.39, 0.29) is 0 Å². The lowest BCUT2D eigenvalue weighted by molar-refractivity contribution is 0.0360. The first-order chi connectivity index (χ1) is 21.0. The smallest absolute Gasteiger partial charge is 0.0596 e. The van der Waals surface area contributed by atoms with E-state index in [1.54, 1.807) is 0 Å². The zero-order valence-electron chi connectivity index (χ0n) is 31.5. The Morgan fingerprint density at radius 1 is 0.750 bits per heavy atom. The summed E-state index contributed by atoms with van der Waals surface area (Å²) in [7, 11) is 4.09. The molecule has 266 valence electrons. The number of piperidine rings is 1. The molecule has 3 rings (SSSR count). The van der Waals surface area contributed by atoms with Gasteiger partial charge in [0.25, 0.3) is 0 Å². The Balaban J connectivity index is 0.000000564. The van der Waals surface area contributed by atoms with Crippen molar-refractivity contribution < 1.29 is 14.2 Å². The second kappa shape index (κ2) is 30.1. The van der Waals surface area contributed by atoms with Crippen molar-refractivity contribution in [3.05, 3.63) is 0 Å². The fourth-order valence-electron chi connectivity index (χ4n) is 5.15. The molecule has 0 radical (unpaired) electrons. The van der Waals surface area contributed by atoms with E-state index in [0.29, 0.717) is 12.0 Å². The molecule has 3 heterocycles. The molecule has 0 bridgehead atoms. The van der Waals surface area contributed by atoms with Gasteiger partial charge in [0.1, 0.15) is 0 Å². The SMILES string of the molecule is CC(C)CCCCN1CCCC1.CC(C)CCN1CCOCC1.CC(C)COCC1CCNCC1.CC(C)OCCN(C)C. The number of nitrogens with one attached hydrogen (secondary N) is 1. The minimum Gasteiger partial charge on any atom is -0.381 e. The minimum absolute atomic E-state index is 0.366. The van der Waals surface area contributed by atoms with Crippen LogP contribution in [0.5, 0.6) is 0 Å². The molecule has 0 amide bonds. The molecule has 0 atom stereocenters. The highest BCUT2D eigenvalue weighted by Gasteiger charge is 2.13. The topological polar surface area (TPSA) is 49.4 Å². The van der Waals surface area contributed by atoms with E-state index in [2.05, 4.69) is 75.4 Å². The monoisotopic (exact) mass is 629 g/mol. The van der Waals surface area contributed by atoms with Crippen molar-refractivity contribution in [1.82, 2.24) is 20.0 Å². The van der Waals surface area contributed by atoms with Gasteiger partial charge in [-0.2, -0.15) is 0 Å². The Bertz CT molecular complexity index is 563. The van der Waals surface area contributed by atoms with Gasteiger partial charge in [-0.15, -0.1) is 0 Å². The number of unbranched alkanes of at least 4 members (excludes halogenated alkanes) is 1. The van der Waals surface area contributed by atoms with Crippen LogP contribution in [0.1, 0.15) is 107 Å². The molecule has 0 aromatic heterocycles. The Labute approximate surface area is 276 Å². The van der Waals surface area contributed by atoms with E-state index in [4.69, 9.17) is 14.2 Å². The molecule has 44 heavy (non-hydrogen) atoms. The van der Waals surface area contributed by atoms with Gasteiger partial charge in [0.05, 0.1) is 25.9 Å². The van der Waals surface area contributed by atoms with Gasteiger partial charge in [-0.25, -0.2) is 0 Å². The van der Waals surface area contributed by atoms with Crippen LogP contribution in [-0.2, 0) is 14.2 Å². The maximum Gasteiger partial charge on any atom is 0.0596 e. The summed E-state index contributed by atoms with van der Waals surface area (Å²) in [5, 5.41) is 3.36. The predicted molar refractivity (Wildman–Crippen MR) is 192 cm³/mol. The standard InChI is InChI=1S/C11H23N.C10H21NO.C9H19NO.C7H17NO/c1-11(2)7-3-4-8-12-9-5-6-10-12;1-9(2)7-12-8-10-3-5-11-6-4-10;1-9(2)3-4-10-5-7-11-8-6-10;1-7(2)9-6-5-8(3)4/h11H,3-10H2,1-2H3;9-11H,3-8H2,1-2H3;9H,3-8H2,1-2H3;7H,5-6H2,1-4H3. The summed E-state index contributed by atoms with van der Waals surface area (Å²) < 4.78 is 16.2. The number of nitrogens with zero attached hydrogens (tertiary/aromatic N) is 3. The van der Waals surface area contributed by atoms with Gasteiger partial charge in [0, 0.05) is 32.8 Å². The molecular formula is C37H80N4O3. The average molecular weight is 629 g/mol. The number of likely N-dealkylation sites (tertiary alicyclic amines) is 1. The number of ether oxygens (including phenoxy) is 3. The molecule has 0 aromatic rings. The van der Waals surface area contributed by atoms with Gasteiger partial charge in [-0.05, 0) is 129 Å². The minimum atomic E-state index is 0.366. The average Bonchev–Trinajstić information content (AvgIpc) is 3.50. The number of likely N-dealkylation sites (N-methyl/N-ethyl adjacent to an activating group) is 1. The van der Waals surface area contributed by atoms with Gasteiger partial charge in [0.2, 0.25) is 0 Å².